The highest BCUT2D eigenvalue weighted by atomic mass is 16.5. The van der Waals surface area contributed by atoms with Crippen LogP contribution in [0.5, 0.6) is 11.5 Å². The predicted molar refractivity (Wildman–Crippen MR) is 127 cm³/mol. The molecule has 1 atom stereocenters. The summed E-state index contributed by atoms with van der Waals surface area (Å²) < 4.78 is 11.0. The molecule has 4 rings (SSSR count). The number of ketones is 1. The molecule has 3 aromatic rings. The van der Waals surface area contributed by atoms with Gasteiger partial charge in [-0.3, -0.25) is 14.6 Å². The summed E-state index contributed by atoms with van der Waals surface area (Å²) in [6.07, 6.45) is 3.05. The number of nitrogens with zero attached hydrogens (tertiary/aromatic N) is 2. The number of aliphatic hydroxyl groups excluding tert-OH is 1. The molecule has 2 aromatic carbocycles. The van der Waals surface area contributed by atoms with E-state index in [-0.39, 0.29) is 24.0 Å². The first-order valence-corrected chi connectivity index (χ1v) is 11.0. The van der Waals surface area contributed by atoms with Gasteiger partial charge in [-0.2, -0.15) is 0 Å². The van der Waals surface area contributed by atoms with Gasteiger partial charge in [0.15, 0.2) is 0 Å². The van der Waals surface area contributed by atoms with Crippen molar-refractivity contribution in [3.63, 3.8) is 0 Å². The first-order chi connectivity index (χ1) is 16.4. The Morgan fingerprint density at radius 3 is 2.38 bits per heavy atom. The Balaban J connectivity index is 1.81. The number of amides is 1. The fraction of sp³-hybridized carbons (Fsp3) is 0.222. The van der Waals surface area contributed by atoms with Crippen molar-refractivity contribution >= 4 is 17.4 Å². The highest BCUT2D eigenvalue weighted by Crippen LogP contribution is 2.40. The lowest BCUT2D eigenvalue weighted by molar-refractivity contribution is -0.140. The molecule has 7 heteroatoms. The van der Waals surface area contributed by atoms with Gasteiger partial charge >= 0.3 is 0 Å². The number of carbonyl (C=O) groups is 2. The summed E-state index contributed by atoms with van der Waals surface area (Å²) in [4.78, 5) is 31.8. The molecule has 0 saturated carbocycles. The van der Waals surface area contributed by atoms with Crippen LogP contribution in [0.15, 0.2) is 78.6 Å². The number of aromatic nitrogens is 1. The summed E-state index contributed by atoms with van der Waals surface area (Å²) in [5.74, 6) is -0.313. The van der Waals surface area contributed by atoms with Gasteiger partial charge in [0.2, 0.25) is 0 Å². The fourth-order valence-electron chi connectivity index (χ4n) is 4.02. The molecular weight excluding hydrogens is 432 g/mol. The lowest BCUT2D eigenvalue weighted by atomic mass is 9.95. The summed E-state index contributed by atoms with van der Waals surface area (Å²) in [5.41, 5.74) is 1.94. The number of likely N-dealkylation sites (tertiary alicyclic amines) is 1. The number of benzene rings is 2. The van der Waals surface area contributed by atoms with Crippen molar-refractivity contribution in [2.75, 3.05) is 7.11 Å². The van der Waals surface area contributed by atoms with E-state index in [1.165, 1.54) is 17.3 Å². The quantitative estimate of drug-likeness (QED) is 0.319. The van der Waals surface area contributed by atoms with E-state index in [2.05, 4.69) is 4.98 Å². The van der Waals surface area contributed by atoms with Crippen LogP contribution in [0.2, 0.25) is 0 Å². The maximum atomic E-state index is 13.2. The van der Waals surface area contributed by atoms with E-state index in [4.69, 9.17) is 9.47 Å². The molecule has 1 aliphatic rings. The summed E-state index contributed by atoms with van der Waals surface area (Å²) in [6, 6.07) is 17.0. The number of carbonyl (C=O) groups excluding carboxylic acids is 2. The second kappa shape index (κ2) is 9.79. The van der Waals surface area contributed by atoms with Crippen molar-refractivity contribution in [3.8, 4) is 11.5 Å². The Kier molecular flexibility index (Phi) is 6.63. The normalized spacial score (nSPS) is 17.3. The van der Waals surface area contributed by atoms with Crippen LogP contribution in [0.4, 0.5) is 0 Å². The molecule has 2 heterocycles. The third-order valence-electron chi connectivity index (χ3n) is 5.55. The van der Waals surface area contributed by atoms with E-state index in [1.54, 1.807) is 31.4 Å². The van der Waals surface area contributed by atoms with Gasteiger partial charge in [0.1, 0.15) is 17.3 Å². The molecule has 1 fully saturated rings. The number of ether oxygens (including phenoxy) is 2. The third kappa shape index (κ3) is 4.64. The highest BCUT2D eigenvalue weighted by molar-refractivity contribution is 6.46. The van der Waals surface area contributed by atoms with Crippen LogP contribution < -0.4 is 9.47 Å². The van der Waals surface area contributed by atoms with E-state index in [1.807, 2.05) is 50.2 Å². The second-order valence-electron chi connectivity index (χ2n) is 8.25. The van der Waals surface area contributed by atoms with Gasteiger partial charge < -0.3 is 19.5 Å². The lowest BCUT2D eigenvalue weighted by Crippen LogP contribution is -2.29. The molecule has 1 aromatic heterocycles. The van der Waals surface area contributed by atoms with Crippen LogP contribution in [-0.2, 0) is 16.1 Å². The van der Waals surface area contributed by atoms with Crippen molar-refractivity contribution in [3.05, 3.63) is 95.3 Å². The summed E-state index contributed by atoms with van der Waals surface area (Å²) in [7, 11) is 1.57. The van der Waals surface area contributed by atoms with Crippen molar-refractivity contribution in [2.24, 2.45) is 0 Å². The predicted octanol–water partition coefficient (Wildman–Crippen LogP) is 4.50. The summed E-state index contributed by atoms with van der Waals surface area (Å²) in [6.45, 7) is 4.04. The zero-order chi connectivity index (χ0) is 24.2. The molecule has 7 nitrogen and oxygen atoms in total. The lowest BCUT2D eigenvalue weighted by Gasteiger charge is -2.26. The SMILES string of the molecule is COc1cccc(CN2C(=O)C(=O)/C(=C(\O)c3ccncc3)C2c2ccc(OC(C)C)cc2)c1. The number of methoxy groups -OCH3 is 1. The minimum absolute atomic E-state index is 0.0104. The van der Waals surface area contributed by atoms with Gasteiger partial charge in [0, 0.05) is 24.5 Å². The Bertz CT molecular complexity index is 1220. The molecule has 0 radical (unpaired) electrons. The molecule has 174 valence electrons. The molecule has 1 amide bonds. The smallest absolute Gasteiger partial charge is 0.295 e. The number of hydrogen-bond acceptors (Lipinski definition) is 6. The Hall–Kier alpha value is -4.13. The van der Waals surface area contributed by atoms with E-state index >= 15 is 0 Å². The maximum Gasteiger partial charge on any atom is 0.295 e. The van der Waals surface area contributed by atoms with Gasteiger partial charge in [0.05, 0.1) is 24.8 Å². The van der Waals surface area contributed by atoms with Gasteiger partial charge in [0.25, 0.3) is 11.7 Å². The minimum Gasteiger partial charge on any atom is -0.507 e. The van der Waals surface area contributed by atoms with Crippen LogP contribution >= 0.6 is 0 Å². The van der Waals surface area contributed by atoms with Crippen LogP contribution in [0.25, 0.3) is 5.76 Å². The van der Waals surface area contributed by atoms with Crippen LogP contribution in [0.1, 0.15) is 36.6 Å². The number of Topliss-reactive ketones (excluding diaryl/α,β-unsaturated/α-hetero) is 1. The average Bonchev–Trinajstić information content (AvgIpc) is 3.09. The van der Waals surface area contributed by atoms with E-state index < -0.39 is 17.7 Å². The zero-order valence-electron chi connectivity index (χ0n) is 19.3. The van der Waals surface area contributed by atoms with Crippen molar-refractivity contribution in [2.45, 2.75) is 32.5 Å². The summed E-state index contributed by atoms with van der Waals surface area (Å²) in [5, 5.41) is 11.1. The second-order valence-corrected chi connectivity index (χ2v) is 8.25. The fourth-order valence-corrected chi connectivity index (χ4v) is 4.02. The first-order valence-electron chi connectivity index (χ1n) is 11.0. The van der Waals surface area contributed by atoms with Gasteiger partial charge in [-0.1, -0.05) is 24.3 Å². The molecular formula is C27H26N2O5. The highest BCUT2D eigenvalue weighted by Gasteiger charge is 2.46. The molecule has 0 spiro atoms. The number of rotatable bonds is 7. The largest absolute Gasteiger partial charge is 0.507 e. The molecule has 1 aliphatic heterocycles. The summed E-state index contributed by atoms with van der Waals surface area (Å²) >= 11 is 0. The number of hydrogen-bond donors (Lipinski definition) is 1. The Morgan fingerprint density at radius 1 is 1.03 bits per heavy atom. The third-order valence-corrected chi connectivity index (χ3v) is 5.55. The van der Waals surface area contributed by atoms with Crippen LogP contribution in [0, 0.1) is 0 Å². The van der Waals surface area contributed by atoms with Gasteiger partial charge in [-0.25, -0.2) is 0 Å². The molecule has 0 bridgehead atoms. The van der Waals surface area contributed by atoms with E-state index in [9.17, 15) is 14.7 Å². The van der Waals surface area contributed by atoms with E-state index in [0.29, 0.717) is 22.6 Å². The zero-order valence-corrected chi connectivity index (χ0v) is 19.3. The standard InChI is InChI=1S/C27H26N2O5/c1-17(2)34-21-9-7-19(8-10-21)24-23(25(30)20-11-13-28-14-12-20)26(31)27(32)29(24)16-18-5-4-6-22(15-18)33-3/h4-15,17,24,30H,16H2,1-3H3/b25-23-. The molecule has 1 unspecified atom stereocenters. The minimum atomic E-state index is -0.771. The van der Waals surface area contributed by atoms with Gasteiger partial charge in [-0.15, -0.1) is 0 Å². The van der Waals surface area contributed by atoms with Gasteiger partial charge in [-0.05, 0) is 61.4 Å². The molecule has 34 heavy (non-hydrogen) atoms. The monoisotopic (exact) mass is 458 g/mol. The average molecular weight is 459 g/mol. The molecule has 0 aliphatic carbocycles. The maximum absolute atomic E-state index is 13.2. The number of pyridine rings is 1. The topological polar surface area (TPSA) is 89.0 Å². The number of aliphatic hydroxyl groups is 1. The van der Waals surface area contributed by atoms with Crippen molar-refractivity contribution < 1.29 is 24.2 Å². The Labute approximate surface area is 198 Å². The molecule has 1 N–H and O–H groups in total. The van der Waals surface area contributed by atoms with Crippen LogP contribution in [0.3, 0.4) is 0 Å². The van der Waals surface area contributed by atoms with Crippen molar-refractivity contribution in [1.82, 2.24) is 9.88 Å². The first kappa shape index (κ1) is 23.0. The Morgan fingerprint density at radius 2 is 1.74 bits per heavy atom. The van der Waals surface area contributed by atoms with Crippen molar-refractivity contribution in [1.29, 1.82) is 0 Å². The van der Waals surface area contributed by atoms with Crippen LogP contribution in [-0.4, -0.2) is 39.9 Å². The molecule has 1 saturated heterocycles. The van der Waals surface area contributed by atoms with E-state index in [0.717, 1.165) is 5.56 Å².